The van der Waals surface area contributed by atoms with Crippen molar-refractivity contribution < 1.29 is 18.3 Å². The highest BCUT2D eigenvalue weighted by atomic mass is 19.1. The Labute approximate surface area is 138 Å². The van der Waals surface area contributed by atoms with Gasteiger partial charge in [0.05, 0.1) is 25.3 Å². The monoisotopic (exact) mass is 326 g/mol. The second-order valence-electron chi connectivity index (χ2n) is 5.10. The summed E-state index contributed by atoms with van der Waals surface area (Å²) in [5, 5.41) is 2.73. The van der Waals surface area contributed by atoms with Gasteiger partial charge < -0.3 is 14.5 Å². The van der Waals surface area contributed by atoms with E-state index in [-0.39, 0.29) is 17.2 Å². The van der Waals surface area contributed by atoms with Crippen molar-refractivity contribution >= 4 is 5.91 Å². The van der Waals surface area contributed by atoms with Crippen LogP contribution in [0.5, 0.6) is 5.75 Å². The lowest BCUT2D eigenvalue weighted by Crippen LogP contribution is -2.23. The Kier molecular flexibility index (Phi) is 4.56. The van der Waals surface area contributed by atoms with E-state index in [9.17, 15) is 9.18 Å². The van der Waals surface area contributed by atoms with Crippen LogP contribution in [0.15, 0.2) is 59.5 Å². The summed E-state index contributed by atoms with van der Waals surface area (Å²) in [6.45, 7) is 0.297. The Bertz CT molecular complexity index is 830. The Balaban J connectivity index is 1.63. The van der Waals surface area contributed by atoms with Crippen molar-refractivity contribution in [2.24, 2.45) is 0 Å². The number of ether oxygens (including phenoxy) is 1. The van der Waals surface area contributed by atoms with E-state index in [1.807, 2.05) is 18.2 Å². The third-order valence-electron chi connectivity index (χ3n) is 3.51. The maximum atomic E-state index is 13.6. The Hall–Kier alpha value is -3.15. The summed E-state index contributed by atoms with van der Waals surface area (Å²) in [5.41, 5.74) is 2.75. The van der Waals surface area contributed by atoms with Gasteiger partial charge in [0.25, 0.3) is 5.91 Å². The maximum Gasteiger partial charge on any atom is 0.251 e. The molecular weight excluding hydrogens is 311 g/mol. The molecule has 0 atom stereocenters. The zero-order valence-electron chi connectivity index (χ0n) is 13.0. The Morgan fingerprint density at radius 1 is 1.29 bits per heavy atom. The van der Waals surface area contributed by atoms with E-state index in [4.69, 9.17) is 9.15 Å². The van der Waals surface area contributed by atoms with Crippen LogP contribution in [0, 0.1) is 5.82 Å². The van der Waals surface area contributed by atoms with Crippen molar-refractivity contribution in [2.75, 3.05) is 7.11 Å². The van der Waals surface area contributed by atoms with Gasteiger partial charge in [-0.05, 0) is 35.9 Å². The highest BCUT2D eigenvalue weighted by molar-refractivity contribution is 5.94. The number of methoxy groups -OCH3 is 1. The van der Waals surface area contributed by atoms with E-state index in [2.05, 4.69) is 10.3 Å². The molecule has 1 aromatic carbocycles. The van der Waals surface area contributed by atoms with Crippen LogP contribution in [-0.2, 0) is 6.54 Å². The van der Waals surface area contributed by atoms with Gasteiger partial charge in [-0.3, -0.25) is 9.78 Å². The van der Waals surface area contributed by atoms with Gasteiger partial charge >= 0.3 is 0 Å². The number of nitrogens with one attached hydrogen (secondary N) is 1. The van der Waals surface area contributed by atoms with Crippen molar-refractivity contribution in [3.05, 3.63) is 72.1 Å². The van der Waals surface area contributed by atoms with Gasteiger partial charge in [-0.2, -0.15) is 0 Å². The van der Waals surface area contributed by atoms with Crippen LogP contribution in [0.2, 0.25) is 0 Å². The number of halogens is 1. The average Bonchev–Trinajstić information content (AvgIpc) is 3.14. The first-order chi connectivity index (χ1) is 11.7. The fourth-order valence-electron chi connectivity index (χ4n) is 2.20. The average molecular weight is 326 g/mol. The van der Waals surface area contributed by atoms with Crippen molar-refractivity contribution in [3.8, 4) is 17.0 Å². The summed E-state index contributed by atoms with van der Waals surface area (Å²) in [6, 6.07) is 9.61. The molecule has 0 unspecified atom stereocenters. The molecule has 3 aromatic rings. The first-order valence-electron chi connectivity index (χ1n) is 7.26. The summed E-state index contributed by atoms with van der Waals surface area (Å²) in [5.74, 6) is -0.836. The second kappa shape index (κ2) is 6.95. The lowest BCUT2D eigenvalue weighted by atomic mass is 10.1. The molecule has 0 aliphatic rings. The van der Waals surface area contributed by atoms with E-state index < -0.39 is 5.82 Å². The number of pyridine rings is 1. The summed E-state index contributed by atoms with van der Waals surface area (Å²) < 4.78 is 23.5. The molecule has 0 spiro atoms. The standard InChI is InChI=1S/C18H15FN2O3/c1-23-17-5-3-13(8-15(17)19)18(22)21-10-12-2-4-16(20-9-12)14-6-7-24-11-14/h2-9,11H,10H2,1H3,(H,21,22). The van der Waals surface area contributed by atoms with Crippen molar-refractivity contribution in [3.63, 3.8) is 0 Å². The minimum Gasteiger partial charge on any atom is -0.494 e. The van der Waals surface area contributed by atoms with Gasteiger partial charge in [0.1, 0.15) is 0 Å². The summed E-state index contributed by atoms with van der Waals surface area (Å²) in [7, 11) is 1.37. The van der Waals surface area contributed by atoms with Crippen molar-refractivity contribution in [1.82, 2.24) is 10.3 Å². The minimum atomic E-state index is -0.573. The number of benzene rings is 1. The molecule has 2 aromatic heterocycles. The molecule has 0 aliphatic heterocycles. The first-order valence-corrected chi connectivity index (χ1v) is 7.26. The van der Waals surface area contributed by atoms with Crippen LogP contribution in [0.25, 0.3) is 11.3 Å². The van der Waals surface area contributed by atoms with Gasteiger partial charge in [0.15, 0.2) is 11.6 Å². The predicted octanol–water partition coefficient (Wildman–Crippen LogP) is 3.42. The van der Waals surface area contributed by atoms with Crippen LogP contribution in [-0.4, -0.2) is 18.0 Å². The SMILES string of the molecule is COc1ccc(C(=O)NCc2ccc(-c3ccoc3)nc2)cc1F. The molecule has 6 heteroatoms. The topological polar surface area (TPSA) is 64.4 Å². The smallest absolute Gasteiger partial charge is 0.251 e. The summed E-state index contributed by atoms with van der Waals surface area (Å²) in [6.07, 6.45) is 4.87. The lowest BCUT2D eigenvalue weighted by molar-refractivity contribution is 0.0950. The summed E-state index contributed by atoms with van der Waals surface area (Å²) >= 11 is 0. The molecule has 24 heavy (non-hydrogen) atoms. The van der Waals surface area contributed by atoms with E-state index in [0.717, 1.165) is 22.9 Å². The molecule has 0 fully saturated rings. The highest BCUT2D eigenvalue weighted by Crippen LogP contribution is 2.18. The number of furan rings is 1. The fraction of sp³-hybridized carbons (Fsp3) is 0.111. The van der Waals surface area contributed by atoms with Gasteiger partial charge in [-0.25, -0.2) is 4.39 Å². The van der Waals surface area contributed by atoms with E-state index in [1.54, 1.807) is 18.7 Å². The molecule has 0 aliphatic carbocycles. The van der Waals surface area contributed by atoms with Crippen molar-refractivity contribution in [1.29, 1.82) is 0 Å². The number of carbonyl (C=O) groups excluding carboxylic acids is 1. The second-order valence-corrected chi connectivity index (χ2v) is 5.10. The zero-order valence-corrected chi connectivity index (χ0v) is 13.0. The molecule has 3 rings (SSSR count). The number of hydrogen-bond donors (Lipinski definition) is 1. The number of nitrogens with zero attached hydrogens (tertiary/aromatic N) is 1. The van der Waals surface area contributed by atoms with Gasteiger partial charge in [-0.15, -0.1) is 0 Å². The van der Waals surface area contributed by atoms with Gasteiger partial charge in [-0.1, -0.05) is 6.07 Å². The number of hydrogen-bond acceptors (Lipinski definition) is 4. The molecule has 0 radical (unpaired) electrons. The van der Waals surface area contributed by atoms with Gasteiger partial charge in [0, 0.05) is 23.9 Å². The normalized spacial score (nSPS) is 10.4. The molecule has 0 saturated carbocycles. The van der Waals surface area contributed by atoms with E-state index in [1.165, 1.54) is 19.2 Å². The van der Waals surface area contributed by atoms with Crippen LogP contribution >= 0.6 is 0 Å². The number of amides is 1. The predicted molar refractivity (Wildman–Crippen MR) is 86.1 cm³/mol. The highest BCUT2D eigenvalue weighted by Gasteiger charge is 2.10. The summed E-state index contributed by atoms with van der Waals surface area (Å²) in [4.78, 5) is 16.4. The first kappa shape index (κ1) is 15.7. The Morgan fingerprint density at radius 2 is 2.17 bits per heavy atom. The minimum absolute atomic E-state index is 0.102. The zero-order chi connectivity index (χ0) is 16.9. The number of aromatic nitrogens is 1. The van der Waals surface area contributed by atoms with E-state index >= 15 is 0 Å². The molecule has 122 valence electrons. The van der Waals surface area contributed by atoms with E-state index in [0.29, 0.717) is 6.54 Å². The number of carbonyl (C=O) groups is 1. The van der Waals surface area contributed by atoms with Crippen LogP contribution in [0.1, 0.15) is 15.9 Å². The largest absolute Gasteiger partial charge is 0.494 e. The van der Waals surface area contributed by atoms with Gasteiger partial charge in [0.2, 0.25) is 0 Å². The third kappa shape index (κ3) is 3.43. The third-order valence-corrected chi connectivity index (χ3v) is 3.51. The number of rotatable bonds is 5. The quantitative estimate of drug-likeness (QED) is 0.780. The molecule has 1 amide bonds. The molecular formula is C18H15FN2O3. The van der Waals surface area contributed by atoms with Crippen LogP contribution in [0.3, 0.4) is 0 Å². The molecule has 2 heterocycles. The van der Waals surface area contributed by atoms with Crippen LogP contribution in [0.4, 0.5) is 4.39 Å². The Morgan fingerprint density at radius 3 is 2.79 bits per heavy atom. The maximum absolute atomic E-state index is 13.6. The van der Waals surface area contributed by atoms with Crippen molar-refractivity contribution in [2.45, 2.75) is 6.54 Å². The molecule has 0 bridgehead atoms. The molecule has 0 saturated heterocycles. The van der Waals surface area contributed by atoms with Crippen LogP contribution < -0.4 is 10.1 Å². The molecule has 1 N–H and O–H groups in total. The lowest BCUT2D eigenvalue weighted by Gasteiger charge is -2.07. The fourth-order valence-corrected chi connectivity index (χ4v) is 2.20. The molecule has 5 nitrogen and oxygen atoms in total.